The minimum atomic E-state index is -2.71. The second-order valence-corrected chi connectivity index (χ2v) is 6.98. The zero-order valence-electron chi connectivity index (χ0n) is 8.75. The van der Waals surface area contributed by atoms with E-state index in [1.54, 1.807) is 0 Å². The van der Waals surface area contributed by atoms with Crippen LogP contribution in [0.2, 0.25) is 0 Å². The summed E-state index contributed by atoms with van der Waals surface area (Å²) in [6, 6.07) is 0.554. The number of nitrogens with one attached hydrogen (secondary N) is 1. The van der Waals surface area contributed by atoms with Crippen molar-refractivity contribution in [1.29, 1.82) is 0 Å². The Balaban J connectivity index is 2.11. The van der Waals surface area contributed by atoms with Crippen LogP contribution in [-0.2, 0) is 9.84 Å². The number of hydrogen-bond acceptors (Lipinski definition) is 3. The van der Waals surface area contributed by atoms with E-state index in [-0.39, 0.29) is 0 Å². The van der Waals surface area contributed by atoms with Crippen molar-refractivity contribution in [1.82, 2.24) is 5.32 Å². The largest absolute Gasteiger partial charge is 0.313 e. The summed E-state index contributed by atoms with van der Waals surface area (Å²) in [5.41, 5.74) is 0.306. The standard InChI is InChI=1S/C10H19NO2S/c1-2-9-10(3-6-11-9)4-7-14(12,13)8-5-10/h9,11H,2-8H2,1H3. The van der Waals surface area contributed by atoms with Gasteiger partial charge in [-0.05, 0) is 37.6 Å². The molecule has 0 aliphatic carbocycles. The highest BCUT2D eigenvalue weighted by Gasteiger charge is 2.45. The van der Waals surface area contributed by atoms with Crippen LogP contribution in [-0.4, -0.2) is 32.5 Å². The summed E-state index contributed by atoms with van der Waals surface area (Å²) in [6.07, 6.45) is 4.04. The Labute approximate surface area is 86.2 Å². The van der Waals surface area contributed by atoms with Gasteiger partial charge in [0.05, 0.1) is 11.5 Å². The van der Waals surface area contributed by atoms with Crippen molar-refractivity contribution in [2.24, 2.45) is 5.41 Å². The molecule has 3 nitrogen and oxygen atoms in total. The van der Waals surface area contributed by atoms with Gasteiger partial charge in [0.2, 0.25) is 0 Å². The first-order valence-electron chi connectivity index (χ1n) is 5.52. The quantitative estimate of drug-likeness (QED) is 0.711. The van der Waals surface area contributed by atoms with Gasteiger partial charge in [0, 0.05) is 6.04 Å². The fourth-order valence-electron chi connectivity index (χ4n) is 3.01. The van der Waals surface area contributed by atoms with Crippen LogP contribution in [0.25, 0.3) is 0 Å². The molecule has 2 aliphatic rings. The highest BCUT2D eigenvalue weighted by molar-refractivity contribution is 7.91. The molecule has 1 atom stereocenters. The molecular formula is C10H19NO2S. The Bertz CT molecular complexity index is 296. The highest BCUT2D eigenvalue weighted by atomic mass is 32.2. The van der Waals surface area contributed by atoms with E-state index in [2.05, 4.69) is 12.2 Å². The second kappa shape index (κ2) is 3.49. The van der Waals surface area contributed by atoms with Gasteiger partial charge in [0.25, 0.3) is 0 Å². The maximum Gasteiger partial charge on any atom is 0.150 e. The van der Waals surface area contributed by atoms with Crippen molar-refractivity contribution in [3.8, 4) is 0 Å². The molecule has 2 aliphatic heterocycles. The molecule has 1 N–H and O–H groups in total. The third kappa shape index (κ3) is 1.70. The van der Waals surface area contributed by atoms with Gasteiger partial charge in [-0.2, -0.15) is 0 Å². The summed E-state index contributed by atoms with van der Waals surface area (Å²) in [4.78, 5) is 0. The van der Waals surface area contributed by atoms with Gasteiger partial charge in [0.15, 0.2) is 0 Å². The first-order valence-corrected chi connectivity index (χ1v) is 7.34. The van der Waals surface area contributed by atoms with E-state index in [9.17, 15) is 8.42 Å². The Morgan fingerprint density at radius 1 is 1.29 bits per heavy atom. The summed E-state index contributed by atoms with van der Waals surface area (Å²) in [5, 5.41) is 3.50. The van der Waals surface area contributed by atoms with E-state index in [1.165, 1.54) is 6.42 Å². The minimum absolute atomic E-state index is 0.306. The summed E-state index contributed by atoms with van der Waals surface area (Å²) in [7, 11) is -2.71. The molecule has 2 rings (SSSR count). The predicted octanol–water partition coefficient (Wildman–Crippen LogP) is 0.953. The van der Waals surface area contributed by atoms with Gasteiger partial charge >= 0.3 is 0 Å². The van der Waals surface area contributed by atoms with Gasteiger partial charge in [-0.15, -0.1) is 0 Å². The van der Waals surface area contributed by atoms with Crippen LogP contribution in [0.5, 0.6) is 0 Å². The Hall–Kier alpha value is -0.0900. The highest BCUT2D eigenvalue weighted by Crippen LogP contribution is 2.43. The molecule has 0 radical (unpaired) electrons. The zero-order chi connectivity index (χ0) is 10.2. The Morgan fingerprint density at radius 3 is 2.50 bits per heavy atom. The predicted molar refractivity (Wildman–Crippen MR) is 57.0 cm³/mol. The van der Waals surface area contributed by atoms with Crippen molar-refractivity contribution in [3.63, 3.8) is 0 Å². The molecular weight excluding hydrogens is 198 g/mol. The lowest BCUT2D eigenvalue weighted by Gasteiger charge is -2.37. The molecule has 0 saturated carbocycles. The van der Waals surface area contributed by atoms with Gasteiger partial charge in [-0.1, -0.05) is 6.92 Å². The smallest absolute Gasteiger partial charge is 0.150 e. The molecule has 0 amide bonds. The van der Waals surface area contributed by atoms with Crippen molar-refractivity contribution in [2.75, 3.05) is 18.1 Å². The fraction of sp³-hybridized carbons (Fsp3) is 1.00. The van der Waals surface area contributed by atoms with Crippen LogP contribution >= 0.6 is 0 Å². The van der Waals surface area contributed by atoms with Crippen LogP contribution in [0.3, 0.4) is 0 Å². The monoisotopic (exact) mass is 217 g/mol. The van der Waals surface area contributed by atoms with Gasteiger partial charge < -0.3 is 5.32 Å². The zero-order valence-corrected chi connectivity index (χ0v) is 9.57. The molecule has 1 unspecified atom stereocenters. The molecule has 82 valence electrons. The molecule has 0 aromatic carbocycles. The number of hydrogen-bond donors (Lipinski definition) is 1. The van der Waals surface area contributed by atoms with E-state index >= 15 is 0 Å². The second-order valence-electron chi connectivity index (χ2n) is 4.68. The molecule has 0 aromatic heterocycles. The lowest BCUT2D eigenvalue weighted by atomic mass is 9.74. The van der Waals surface area contributed by atoms with Crippen LogP contribution in [0.1, 0.15) is 32.6 Å². The molecule has 2 fully saturated rings. The van der Waals surface area contributed by atoms with Crippen LogP contribution in [0.15, 0.2) is 0 Å². The molecule has 1 spiro atoms. The fourth-order valence-corrected chi connectivity index (χ4v) is 4.65. The number of sulfone groups is 1. The summed E-state index contributed by atoms with van der Waals surface area (Å²) in [5.74, 6) is 0.816. The summed E-state index contributed by atoms with van der Waals surface area (Å²) in [6.45, 7) is 3.26. The van der Waals surface area contributed by atoms with Crippen molar-refractivity contribution in [3.05, 3.63) is 0 Å². The maximum atomic E-state index is 11.4. The third-order valence-corrected chi connectivity index (χ3v) is 5.64. The van der Waals surface area contributed by atoms with Gasteiger partial charge in [-0.3, -0.25) is 0 Å². The van der Waals surface area contributed by atoms with E-state index in [0.29, 0.717) is 23.0 Å². The summed E-state index contributed by atoms with van der Waals surface area (Å²) < 4.78 is 22.7. The van der Waals surface area contributed by atoms with Crippen LogP contribution in [0.4, 0.5) is 0 Å². The topological polar surface area (TPSA) is 46.2 Å². The van der Waals surface area contributed by atoms with Gasteiger partial charge in [-0.25, -0.2) is 8.42 Å². The molecule has 4 heteroatoms. The maximum absolute atomic E-state index is 11.4. The average molecular weight is 217 g/mol. The van der Waals surface area contributed by atoms with Gasteiger partial charge in [0.1, 0.15) is 9.84 Å². The summed E-state index contributed by atoms with van der Waals surface area (Å²) >= 11 is 0. The normalized spacial score (nSPS) is 34.8. The first kappa shape index (κ1) is 10.4. The lowest BCUT2D eigenvalue weighted by molar-refractivity contribution is 0.215. The molecule has 14 heavy (non-hydrogen) atoms. The van der Waals surface area contributed by atoms with Crippen LogP contribution < -0.4 is 5.32 Å². The molecule has 2 saturated heterocycles. The number of rotatable bonds is 1. The minimum Gasteiger partial charge on any atom is -0.313 e. The Morgan fingerprint density at radius 2 is 1.93 bits per heavy atom. The third-order valence-electron chi connectivity index (χ3n) is 3.98. The molecule has 0 aromatic rings. The first-order chi connectivity index (χ1) is 6.58. The molecule has 2 heterocycles. The van der Waals surface area contributed by atoms with Crippen molar-refractivity contribution in [2.45, 2.75) is 38.6 Å². The van der Waals surface area contributed by atoms with E-state index < -0.39 is 9.84 Å². The molecule has 0 bridgehead atoms. The lowest BCUT2D eigenvalue weighted by Crippen LogP contribution is -2.42. The SMILES string of the molecule is CCC1NCCC12CCS(=O)(=O)CC2. The Kier molecular flexibility index (Phi) is 2.60. The van der Waals surface area contributed by atoms with E-state index in [0.717, 1.165) is 25.8 Å². The van der Waals surface area contributed by atoms with E-state index in [4.69, 9.17) is 0 Å². The average Bonchev–Trinajstić information content (AvgIpc) is 2.54. The van der Waals surface area contributed by atoms with Crippen molar-refractivity contribution < 1.29 is 8.42 Å². The van der Waals surface area contributed by atoms with Crippen LogP contribution in [0, 0.1) is 5.41 Å². The van der Waals surface area contributed by atoms with Crippen molar-refractivity contribution >= 4 is 9.84 Å². The van der Waals surface area contributed by atoms with E-state index in [1.807, 2.05) is 0 Å².